The van der Waals surface area contributed by atoms with Crippen molar-refractivity contribution in [2.45, 2.75) is 44.5 Å². The van der Waals surface area contributed by atoms with Crippen LogP contribution in [0, 0.1) is 0 Å². The fourth-order valence-corrected chi connectivity index (χ4v) is 3.65. The maximum absolute atomic E-state index is 12.9. The van der Waals surface area contributed by atoms with E-state index in [1.165, 1.54) is 11.8 Å². The molecule has 158 valence electrons. The summed E-state index contributed by atoms with van der Waals surface area (Å²) >= 11 is 0. The van der Waals surface area contributed by atoms with Crippen molar-refractivity contribution in [2.75, 3.05) is 6.54 Å². The molecule has 1 unspecified atom stereocenters. The number of likely N-dealkylation sites (tertiary alicyclic amines) is 1. The number of aliphatic hydroxyl groups is 1. The van der Waals surface area contributed by atoms with Crippen LogP contribution in [-0.4, -0.2) is 52.5 Å². The average Bonchev–Trinajstić information content (AvgIpc) is 3.15. The molecule has 1 heterocycles. The van der Waals surface area contributed by atoms with Crippen molar-refractivity contribution >= 4 is 17.7 Å². The third-order valence-electron chi connectivity index (χ3n) is 5.21. The van der Waals surface area contributed by atoms with Gasteiger partial charge in [-0.25, -0.2) is 0 Å². The average molecular weight is 409 g/mol. The van der Waals surface area contributed by atoms with Crippen LogP contribution in [0.4, 0.5) is 0 Å². The van der Waals surface area contributed by atoms with E-state index in [4.69, 9.17) is 0 Å². The summed E-state index contributed by atoms with van der Waals surface area (Å²) in [5.41, 5.74) is 1.87. The molecule has 7 heteroatoms. The smallest absolute Gasteiger partial charge is 0.243 e. The predicted octanol–water partition coefficient (Wildman–Crippen LogP) is 1.01. The molecule has 30 heavy (non-hydrogen) atoms. The Morgan fingerprint density at radius 3 is 2.23 bits per heavy atom. The first kappa shape index (κ1) is 21.5. The van der Waals surface area contributed by atoms with Crippen LogP contribution >= 0.6 is 0 Å². The van der Waals surface area contributed by atoms with E-state index < -0.39 is 24.1 Å². The number of β-amino-alcohol motifs (C(OH)–C–C–N with tert-alkyl or cyclic N) is 1. The second-order valence-electron chi connectivity index (χ2n) is 7.53. The Morgan fingerprint density at radius 1 is 1.03 bits per heavy atom. The highest BCUT2D eigenvalue weighted by atomic mass is 16.3. The molecule has 1 saturated heterocycles. The van der Waals surface area contributed by atoms with Crippen molar-refractivity contribution in [3.8, 4) is 0 Å². The van der Waals surface area contributed by atoms with Crippen molar-refractivity contribution in [3.05, 3.63) is 71.8 Å². The van der Waals surface area contributed by atoms with Gasteiger partial charge in [0.2, 0.25) is 17.7 Å². The summed E-state index contributed by atoms with van der Waals surface area (Å²) in [7, 11) is 0. The lowest BCUT2D eigenvalue weighted by Gasteiger charge is -2.25. The lowest BCUT2D eigenvalue weighted by Crippen LogP contribution is -2.53. The normalized spacial score (nSPS) is 19.2. The number of aliphatic hydroxyl groups excluding tert-OH is 1. The van der Waals surface area contributed by atoms with Crippen molar-refractivity contribution in [2.24, 2.45) is 0 Å². The van der Waals surface area contributed by atoms with Crippen LogP contribution in [0.2, 0.25) is 0 Å². The topological polar surface area (TPSA) is 98.7 Å². The highest BCUT2D eigenvalue weighted by Crippen LogP contribution is 2.18. The standard InChI is InChI=1S/C23H27N3O4/c1-16(27)26-15-19(28)13-21(26)23(30)25-20(12-17-8-4-2-5-9-17)22(29)24-14-18-10-6-3-7-11-18/h2-11,19-21,28H,12-15H2,1H3,(H,24,29)(H,25,30)/t19-,20?,21+/m1/s1. The fourth-order valence-electron chi connectivity index (χ4n) is 3.65. The summed E-state index contributed by atoms with van der Waals surface area (Å²) in [6, 6.07) is 17.4. The summed E-state index contributed by atoms with van der Waals surface area (Å²) in [5, 5.41) is 15.6. The first-order valence-corrected chi connectivity index (χ1v) is 10.0. The van der Waals surface area contributed by atoms with E-state index in [1.807, 2.05) is 60.7 Å². The SMILES string of the molecule is CC(=O)N1C[C@H](O)C[C@H]1C(=O)NC(Cc1ccccc1)C(=O)NCc1ccccc1. The van der Waals surface area contributed by atoms with Gasteiger partial charge >= 0.3 is 0 Å². The van der Waals surface area contributed by atoms with E-state index in [0.717, 1.165) is 11.1 Å². The van der Waals surface area contributed by atoms with E-state index in [9.17, 15) is 19.5 Å². The van der Waals surface area contributed by atoms with Gasteiger partial charge in [-0.1, -0.05) is 60.7 Å². The fraction of sp³-hybridized carbons (Fsp3) is 0.348. The van der Waals surface area contributed by atoms with Gasteiger partial charge in [-0.2, -0.15) is 0 Å². The van der Waals surface area contributed by atoms with Gasteiger partial charge < -0.3 is 20.6 Å². The van der Waals surface area contributed by atoms with Crippen LogP contribution < -0.4 is 10.6 Å². The molecule has 1 fully saturated rings. The minimum absolute atomic E-state index is 0.122. The van der Waals surface area contributed by atoms with E-state index in [-0.39, 0.29) is 24.8 Å². The Hall–Kier alpha value is -3.19. The van der Waals surface area contributed by atoms with Crippen molar-refractivity contribution in [1.82, 2.24) is 15.5 Å². The highest BCUT2D eigenvalue weighted by molar-refractivity contribution is 5.92. The second kappa shape index (κ2) is 10.0. The van der Waals surface area contributed by atoms with Crippen LogP contribution in [-0.2, 0) is 27.3 Å². The van der Waals surface area contributed by atoms with E-state index >= 15 is 0 Å². The van der Waals surface area contributed by atoms with Crippen LogP contribution in [0.3, 0.4) is 0 Å². The molecule has 3 atom stereocenters. The maximum Gasteiger partial charge on any atom is 0.243 e. The molecule has 3 rings (SSSR count). The number of carbonyl (C=O) groups excluding carboxylic acids is 3. The number of nitrogens with zero attached hydrogens (tertiary/aromatic N) is 1. The Kier molecular flexibility index (Phi) is 7.19. The zero-order chi connectivity index (χ0) is 21.5. The number of carbonyl (C=O) groups is 3. The number of hydrogen-bond acceptors (Lipinski definition) is 4. The molecule has 7 nitrogen and oxygen atoms in total. The Balaban J connectivity index is 1.71. The van der Waals surface area contributed by atoms with E-state index in [0.29, 0.717) is 13.0 Å². The summed E-state index contributed by atoms with van der Waals surface area (Å²) in [5.74, 6) is -1.01. The monoisotopic (exact) mass is 409 g/mol. The molecular weight excluding hydrogens is 382 g/mol. The van der Waals surface area contributed by atoms with Gasteiger partial charge in [0, 0.05) is 32.9 Å². The summed E-state index contributed by atoms with van der Waals surface area (Å²) in [4.78, 5) is 39.0. The zero-order valence-corrected chi connectivity index (χ0v) is 17.0. The number of amides is 3. The lowest BCUT2D eigenvalue weighted by atomic mass is 10.0. The first-order valence-electron chi connectivity index (χ1n) is 10.0. The van der Waals surface area contributed by atoms with E-state index in [2.05, 4.69) is 10.6 Å². The van der Waals surface area contributed by atoms with Gasteiger partial charge in [0.15, 0.2) is 0 Å². The van der Waals surface area contributed by atoms with Gasteiger partial charge in [0.25, 0.3) is 0 Å². The Labute approximate surface area is 176 Å². The number of rotatable bonds is 7. The maximum atomic E-state index is 12.9. The van der Waals surface area contributed by atoms with Crippen molar-refractivity contribution < 1.29 is 19.5 Å². The summed E-state index contributed by atoms with van der Waals surface area (Å²) in [6.45, 7) is 1.84. The zero-order valence-electron chi connectivity index (χ0n) is 17.0. The molecule has 1 aliphatic heterocycles. The molecule has 0 spiro atoms. The van der Waals surface area contributed by atoms with Gasteiger partial charge in [-0.15, -0.1) is 0 Å². The molecule has 0 radical (unpaired) electrons. The Morgan fingerprint density at radius 2 is 1.63 bits per heavy atom. The second-order valence-corrected chi connectivity index (χ2v) is 7.53. The molecule has 0 saturated carbocycles. The van der Waals surface area contributed by atoms with Crippen LogP contribution in [0.25, 0.3) is 0 Å². The largest absolute Gasteiger partial charge is 0.391 e. The minimum atomic E-state index is -0.796. The third-order valence-corrected chi connectivity index (χ3v) is 5.21. The quantitative estimate of drug-likeness (QED) is 0.636. The number of nitrogens with one attached hydrogen (secondary N) is 2. The molecule has 0 aromatic heterocycles. The molecular formula is C23H27N3O4. The lowest BCUT2D eigenvalue weighted by molar-refractivity contribution is -0.138. The van der Waals surface area contributed by atoms with Crippen molar-refractivity contribution in [3.63, 3.8) is 0 Å². The molecule has 1 aliphatic rings. The van der Waals surface area contributed by atoms with Crippen LogP contribution in [0.1, 0.15) is 24.5 Å². The molecule has 0 aliphatic carbocycles. The van der Waals surface area contributed by atoms with Gasteiger partial charge in [-0.3, -0.25) is 14.4 Å². The Bertz CT molecular complexity index is 873. The molecule has 3 amide bonds. The molecule has 2 aromatic carbocycles. The van der Waals surface area contributed by atoms with Crippen molar-refractivity contribution in [1.29, 1.82) is 0 Å². The first-order chi connectivity index (χ1) is 14.4. The van der Waals surface area contributed by atoms with E-state index in [1.54, 1.807) is 0 Å². The van der Waals surface area contributed by atoms with Gasteiger partial charge in [-0.05, 0) is 11.1 Å². The molecule has 0 bridgehead atoms. The number of benzene rings is 2. The minimum Gasteiger partial charge on any atom is -0.391 e. The van der Waals surface area contributed by atoms with Gasteiger partial charge in [0.1, 0.15) is 12.1 Å². The van der Waals surface area contributed by atoms with Crippen LogP contribution in [0.5, 0.6) is 0 Å². The number of hydrogen-bond donors (Lipinski definition) is 3. The third kappa shape index (κ3) is 5.67. The summed E-state index contributed by atoms with van der Waals surface area (Å²) < 4.78 is 0. The molecule has 2 aromatic rings. The summed E-state index contributed by atoms with van der Waals surface area (Å²) in [6.07, 6.45) is -0.262. The predicted molar refractivity (Wildman–Crippen MR) is 112 cm³/mol. The van der Waals surface area contributed by atoms with Crippen LogP contribution in [0.15, 0.2) is 60.7 Å². The molecule has 3 N–H and O–H groups in total. The highest BCUT2D eigenvalue weighted by Gasteiger charge is 2.38. The van der Waals surface area contributed by atoms with Gasteiger partial charge in [0.05, 0.1) is 6.10 Å².